The number of aliphatic hydroxyl groups is 1. The van der Waals surface area contributed by atoms with Gasteiger partial charge in [0.25, 0.3) is 5.56 Å². The van der Waals surface area contributed by atoms with Crippen LogP contribution in [-0.2, 0) is 14.9 Å². The molecular formula is C30H34FN3O6. The van der Waals surface area contributed by atoms with Gasteiger partial charge in [0.1, 0.15) is 5.75 Å². The van der Waals surface area contributed by atoms with Crippen molar-refractivity contribution in [2.75, 3.05) is 26.6 Å². The lowest BCUT2D eigenvalue weighted by molar-refractivity contribution is -0.146. The first kappa shape index (κ1) is 30.1. The number of fused-ring (bicyclic) bond motifs is 1. The highest BCUT2D eigenvalue weighted by Gasteiger charge is 2.37. The van der Waals surface area contributed by atoms with Gasteiger partial charge in [-0.25, -0.2) is 9.18 Å². The maximum Gasteiger partial charge on any atom is 0.333 e. The first-order chi connectivity index (χ1) is 18.8. The summed E-state index contributed by atoms with van der Waals surface area (Å²) < 4.78 is 27.9. The van der Waals surface area contributed by atoms with Crippen LogP contribution in [0.2, 0.25) is 0 Å². The molecule has 40 heavy (non-hydrogen) atoms. The van der Waals surface area contributed by atoms with E-state index in [9.17, 15) is 14.4 Å². The number of nitrogens with zero attached hydrogens (tertiary/aromatic N) is 1. The zero-order chi connectivity index (χ0) is 29.8. The lowest BCUT2D eigenvalue weighted by atomic mass is 9.81. The molecule has 4 rings (SSSR count). The Kier molecular flexibility index (Phi) is 9.16. The van der Waals surface area contributed by atoms with Crippen LogP contribution in [0.5, 0.6) is 5.75 Å². The maximum atomic E-state index is 16.3. The average molecular weight is 552 g/mol. The van der Waals surface area contributed by atoms with Gasteiger partial charge in [-0.05, 0) is 68.3 Å². The number of aromatic nitrogens is 2. The number of hydrogen-bond acceptors (Lipinski definition) is 7. The fourth-order valence-corrected chi connectivity index (χ4v) is 4.27. The predicted molar refractivity (Wildman–Crippen MR) is 154 cm³/mol. The molecule has 0 spiro atoms. The minimum Gasteiger partial charge on any atom is -0.496 e. The van der Waals surface area contributed by atoms with E-state index in [4.69, 9.17) is 14.6 Å². The Labute approximate surface area is 231 Å². The molecular weight excluding hydrogens is 517 g/mol. The highest BCUT2D eigenvalue weighted by Crippen LogP contribution is 2.44. The quantitative estimate of drug-likeness (QED) is 0.304. The number of rotatable bonds is 6. The van der Waals surface area contributed by atoms with E-state index in [1.165, 1.54) is 26.5 Å². The monoisotopic (exact) mass is 551 g/mol. The number of anilines is 1. The molecule has 1 heterocycles. The van der Waals surface area contributed by atoms with E-state index in [-0.39, 0.29) is 23.1 Å². The summed E-state index contributed by atoms with van der Waals surface area (Å²) in [5.41, 5.74) is -1.05. The number of ether oxygens (including phenoxy) is 2. The number of methoxy groups -OCH3 is 2. The molecule has 0 fully saturated rings. The fraction of sp³-hybridized carbons (Fsp3) is 0.300. The SMILES string of the molecule is CC(C)O.CNc1ccc2cc(-c3c(F)c(-n4ccc(=O)[nH]c4=O)cc(C(C)(C)C(=O)OC)c3OC)ccc2c1. The molecule has 0 atom stereocenters. The molecule has 3 N–H and O–H groups in total. The van der Waals surface area contributed by atoms with E-state index in [1.54, 1.807) is 33.8 Å². The number of carbonyl (C=O) groups is 1. The van der Waals surface area contributed by atoms with Crippen LogP contribution in [0.1, 0.15) is 33.3 Å². The van der Waals surface area contributed by atoms with Crippen molar-refractivity contribution in [1.29, 1.82) is 0 Å². The van der Waals surface area contributed by atoms with Gasteiger partial charge in [-0.2, -0.15) is 0 Å². The molecule has 0 aliphatic rings. The van der Waals surface area contributed by atoms with Crippen LogP contribution in [0.15, 0.2) is 64.3 Å². The van der Waals surface area contributed by atoms with Gasteiger partial charge >= 0.3 is 11.7 Å². The summed E-state index contributed by atoms with van der Waals surface area (Å²) in [4.78, 5) is 39.1. The molecule has 10 heteroatoms. The van der Waals surface area contributed by atoms with Gasteiger partial charge in [-0.3, -0.25) is 19.1 Å². The largest absolute Gasteiger partial charge is 0.496 e. The molecule has 212 valence electrons. The van der Waals surface area contributed by atoms with Gasteiger partial charge < -0.3 is 19.9 Å². The van der Waals surface area contributed by atoms with Crippen LogP contribution < -0.4 is 21.3 Å². The molecule has 0 saturated carbocycles. The second-order valence-electron chi connectivity index (χ2n) is 9.88. The first-order valence-corrected chi connectivity index (χ1v) is 12.6. The lowest BCUT2D eigenvalue weighted by Crippen LogP contribution is -2.32. The Bertz CT molecular complexity index is 1650. The number of carbonyl (C=O) groups excluding carboxylic acids is 1. The molecule has 0 bridgehead atoms. The summed E-state index contributed by atoms with van der Waals surface area (Å²) >= 11 is 0. The van der Waals surface area contributed by atoms with Crippen LogP contribution in [0, 0.1) is 5.82 Å². The maximum absolute atomic E-state index is 16.3. The van der Waals surface area contributed by atoms with Gasteiger partial charge in [0.15, 0.2) is 5.82 Å². The molecule has 9 nitrogen and oxygen atoms in total. The van der Waals surface area contributed by atoms with E-state index >= 15 is 4.39 Å². The zero-order valence-electron chi connectivity index (χ0n) is 23.6. The standard InChI is InChI=1S/C27H26FN3O5.C3H8O/c1-27(2,25(33)36-5)19-14-20(31-11-10-21(32)30-26(31)34)23(28)22(24(19)35-4)17-7-6-16-13-18(29-3)9-8-15(16)12-17;1-3(2)4/h6-14,29H,1-5H3,(H,30,32,34);3-4H,1-2H3. The van der Waals surface area contributed by atoms with E-state index in [0.717, 1.165) is 27.1 Å². The number of aliphatic hydroxyl groups excluding tert-OH is 1. The summed E-state index contributed by atoms with van der Waals surface area (Å²) in [6, 6.07) is 13.7. The highest BCUT2D eigenvalue weighted by molar-refractivity contribution is 5.92. The van der Waals surface area contributed by atoms with Crippen molar-refractivity contribution in [2.45, 2.75) is 39.2 Å². The molecule has 1 aromatic heterocycles. The smallest absolute Gasteiger partial charge is 0.333 e. The topological polar surface area (TPSA) is 123 Å². The summed E-state index contributed by atoms with van der Waals surface area (Å²) in [5.74, 6) is -1.19. The average Bonchev–Trinajstić information content (AvgIpc) is 2.91. The Hall–Kier alpha value is -4.44. The Balaban J connectivity index is 0.00000103. The Morgan fingerprint density at radius 1 is 1.05 bits per heavy atom. The van der Waals surface area contributed by atoms with Crippen LogP contribution in [0.4, 0.5) is 10.1 Å². The van der Waals surface area contributed by atoms with Crippen molar-refractivity contribution in [3.05, 3.63) is 86.9 Å². The second-order valence-corrected chi connectivity index (χ2v) is 9.88. The van der Waals surface area contributed by atoms with Crippen LogP contribution in [0.25, 0.3) is 27.6 Å². The number of aromatic amines is 1. The fourth-order valence-electron chi connectivity index (χ4n) is 4.27. The van der Waals surface area contributed by atoms with E-state index < -0.39 is 28.5 Å². The van der Waals surface area contributed by atoms with Gasteiger partial charge in [0.2, 0.25) is 0 Å². The molecule has 0 unspecified atom stereocenters. The summed E-state index contributed by atoms with van der Waals surface area (Å²) in [5, 5.41) is 12.9. The molecule has 0 aliphatic heterocycles. The van der Waals surface area contributed by atoms with Gasteiger partial charge in [0, 0.05) is 36.7 Å². The van der Waals surface area contributed by atoms with Crippen molar-refractivity contribution >= 4 is 22.4 Å². The third-order valence-corrected chi connectivity index (χ3v) is 6.27. The van der Waals surface area contributed by atoms with E-state index in [2.05, 4.69) is 10.3 Å². The molecule has 0 saturated heterocycles. The molecule has 3 aromatic carbocycles. The van der Waals surface area contributed by atoms with Crippen molar-refractivity contribution in [1.82, 2.24) is 9.55 Å². The predicted octanol–water partition coefficient (Wildman–Crippen LogP) is 4.37. The molecule has 0 aliphatic carbocycles. The minimum absolute atomic E-state index is 0.0691. The summed E-state index contributed by atoms with van der Waals surface area (Å²) in [6.07, 6.45) is 1.02. The van der Waals surface area contributed by atoms with E-state index in [1.807, 2.05) is 37.4 Å². The van der Waals surface area contributed by atoms with Crippen molar-refractivity contribution in [3.63, 3.8) is 0 Å². The minimum atomic E-state index is -1.26. The number of nitrogens with one attached hydrogen (secondary N) is 2. The molecule has 0 amide bonds. The number of hydrogen-bond donors (Lipinski definition) is 3. The third kappa shape index (κ3) is 6.07. The summed E-state index contributed by atoms with van der Waals surface area (Å²) in [7, 11) is 4.48. The number of esters is 1. The van der Waals surface area contributed by atoms with Crippen LogP contribution in [0.3, 0.4) is 0 Å². The lowest BCUT2D eigenvalue weighted by Gasteiger charge is -2.27. The van der Waals surface area contributed by atoms with Crippen LogP contribution in [-0.4, -0.2) is 48.0 Å². The van der Waals surface area contributed by atoms with Gasteiger partial charge in [0.05, 0.1) is 30.9 Å². The Morgan fingerprint density at radius 2 is 1.68 bits per heavy atom. The van der Waals surface area contributed by atoms with Crippen molar-refractivity contribution < 1.29 is 23.8 Å². The molecule has 4 aromatic rings. The zero-order valence-corrected chi connectivity index (χ0v) is 23.6. The number of benzene rings is 3. The summed E-state index contributed by atoms with van der Waals surface area (Å²) in [6.45, 7) is 6.69. The highest BCUT2D eigenvalue weighted by atomic mass is 19.1. The molecule has 0 radical (unpaired) electrons. The van der Waals surface area contributed by atoms with Crippen LogP contribution >= 0.6 is 0 Å². The van der Waals surface area contributed by atoms with Gasteiger partial charge in [-0.15, -0.1) is 0 Å². The van der Waals surface area contributed by atoms with Gasteiger partial charge in [-0.1, -0.05) is 18.2 Å². The number of H-pyrrole nitrogens is 1. The third-order valence-electron chi connectivity index (χ3n) is 6.27. The number of halogens is 1. The Morgan fingerprint density at radius 3 is 2.25 bits per heavy atom. The first-order valence-electron chi connectivity index (χ1n) is 12.6. The van der Waals surface area contributed by atoms with E-state index in [0.29, 0.717) is 11.1 Å². The normalized spacial score (nSPS) is 11.2. The van der Waals surface area contributed by atoms with Crippen molar-refractivity contribution in [2.24, 2.45) is 0 Å². The van der Waals surface area contributed by atoms with Crippen molar-refractivity contribution in [3.8, 4) is 22.6 Å². The second kappa shape index (κ2) is 12.2.